The van der Waals surface area contributed by atoms with Crippen LogP contribution in [0.2, 0.25) is 0 Å². The average molecular weight is 401 g/mol. The summed E-state index contributed by atoms with van der Waals surface area (Å²) in [5, 5.41) is 22.7. The van der Waals surface area contributed by atoms with Crippen LogP contribution >= 0.6 is 23.5 Å². The van der Waals surface area contributed by atoms with E-state index in [2.05, 4.69) is 62.4 Å². The molecule has 144 valence electrons. The van der Waals surface area contributed by atoms with Gasteiger partial charge in [0.15, 0.2) is 0 Å². The third-order valence-corrected chi connectivity index (χ3v) is 9.88. The Kier molecular flexibility index (Phi) is 5.36. The highest BCUT2D eigenvalue weighted by Gasteiger charge is 2.68. The average Bonchev–Trinajstić information content (AvgIpc) is 2.82. The first kappa shape index (κ1) is 19.4. The standard InChI is InChI=1S/C23H28O2S2/c1-16(23(25)20(24)15-17-13-14-22(17,23)2)21(26-18-9-5-3-6-10-18)27-19-11-7-4-8-12-19/h3-12,16-17,20-21,24-25H,13-15H2,1-2H3/t16-,17-,20+,22+,23-/m1/s1. The molecule has 4 rings (SSSR count). The minimum absolute atomic E-state index is 0.0433. The molecule has 2 saturated carbocycles. The van der Waals surface area contributed by atoms with Crippen molar-refractivity contribution in [1.29, 1.82) is 0 Å². The lowest BCUT2D eigenvalue weighted by Crippen LogP contribution is -2.60. The van der Waals surface area contributed by atoms with Crippen LogP contribution < -0.4 is 0 Å². The van der Waals surface area contributed by atoms with Gasteiger partial charge in [-0.1, -0.05) is 50.2 Å². The highest BCUT2D eigenvalue weighted by molar-refractivity contribution is 8.17. The van der Waals surface area contributed by atoms with Gasteiger partial charge in [0.25, 0.3) is 0 Å². The van der Waals surface area contributed by atoms with E-state index in [0.29, 0.717) is 5.92 Å². The Morgan fingerprint density at radius 2 is 1.48 bits per heavy atom. The molecule has 0 heterocycles. The zero-order chi connectivity index (χ0) is 19.1. The van der Waals surface area contributed by atoms with Gasteiger partial charge in [-0.25, -0.2) is 0 Å². The lowest BCUT2D eigenvalue weighted by Gasteiger charge is -2.54. The number of aliphatic hydroxyl groups excluding tert-OH is 1. The van der Waals surface area contributed by atoms with Crippen LogP contribution in [0.15, 0.2) is 70.5 Å². The fourth-order valence-electron chi connectivity index (χ4n) is 5.04. The molecule has 2 aromatic carbocycles. The van der Waals surface area contributed by atoms with E-state index in [4.69, 9.17) is 0 Å². The Hall–Kier alpha value is -0.940. The lowest BCUT2D eigenvalue weighted by molar-refractivity contribution is -0.176. The van der Waals surface area contributed by atoms with E-state index in [1.165, 1.54) is 9.79 Å². The van der Waals surface area contributed by atoms with Crippen LogP contribution in [-0.2, 0) is 0 Å². The SMILES string of the molecule is C[C@H](C(Sc1ccccc1)Sc1ccccc1)[C@@]1(O)[C@@H](O)C[C@H]2CC[C@@]21C. The van der Waals surface area contributed by atoms with Crippen molar-refractivity contribution in [3.05, 3.63) is 60.7 Å². The molecule has 0 saturated heterocycles. The van der Waals surface area contributed by atoms with Gasteiger partial charge in [0.05, 0.1) is 10.7 Å². The predicted molar refractivity (Wildman–Crippen MR) is 114 cm³/mol. The fourth-order valence-corrected chi connectivity index (χ4v) is 7.89. The van der Waals surface area contributed by atoms with Gasteiger partial charge >= 0.3 is 0 Å². The summed E-state index contributed by atoms with van der Waals surface area (Å²) in [4.78, 5) is 2.40. The second-order valence-electron chi connectivity index (χ2n) is 8.25. The van der Waals surface area contributed by atoms with Gasteiger partial charge < -0.3 is 10.2 Å². The number of aliphatic hydroxyl groups is 2. The summed E-state index contributed by atoms with van der Waals surface area (Å²) in [6, 6.07) is 20.8. The monoisotopic (exact) mass is 400 g/mol. The fraction of sp³-hybridized carbons (Fsp3) is 0.478. The Morgan fingerprint density at radius 3 is 1.89 bits per heavy atom. The molecule has 4 heteroatoms. The molecule has 0 radical (unpaired) electrons. The third kappa shape index (κ3) is 3.25. The predicted octanol–water partition coefficient (Wildman–Crippen LogP) is 5.45. The van der Waals surface area contributed by atoms with Gasteiger partial charge in [0, 0.05) is 21.1 Å². The molecule has 2 aromatic rings. The van der Waals surface area contributed by atoms with E-state index in [9.17, 15) is 10.2 Å². The molecule has 0 aromatic heterocycles. The van der Waals surface area contributed by atoms with Crippen molar-refractivity contribution in [1.82, 2.24) is 0 Å². The van der Waals surface area contributed by atoms with Crippen molar-refractivity contribution in [2.75, 3.05) is 0 Å². The van der Waals surface area contributed by atoms with Crippen LogP contribution in [0.1, 0.15) is 33.1 Å². The molecule has 2 nitrogen and oxygen atoms in total. The molecule has 2 fully saturated rings. The number of benzene rings is 2. The molecule has 0 amide bonds. The van der Waals surface area contributed by atoms with E-state index in [1.807, 2.05) is 12.1 Å². The van der Waals surface area contributed by atoms with Crippen LogP contribution in [0.5, 0.6) is 0 Å². The van der Waals surface area contributed by atoms with Crippen molar-refractivity contribution in [2.45, 2.75) is 59.2 Å². The van der Waals surface area contributed by atoms with Crippen LogP contribution in [0.4, 0.5) is 0 Å². The van der Waals surface area contributed by atoms with E-state index in [0.717, 1.165) is 19.3 Å². The van der Waals surface area contributed by atoms with Crippen molar-refractivity contribution in [3.8, 4) is 0 Å². The molecule has 27 heavy (non-hydrogen) atoms. The largest absolute Gasteiger partial charge is 0.390 e. The number of hydrogen-bond donors (Lipinski definition) is 2. The second kappa shape index (κ2) is 7.47. The molecule has 2 N–H and O–H groups in total. The van der Waals surface area contributed by atoms with Crippen LogP contribution in [0.25, 0.3) is 0 Å². The number of rotatable bonds is 6. The highest BCUT2D eigenvalue weighted by atomic mass is 32.2. The third-order valence-electron chi connectivity index (χ3n) is 6.94. The first-order valence-electron chi connectivity index (χ1n) is 9.79. The highest BCUT2D eigenvalue weighted by Crippen LogP contribution is 2.66. The number of hydrogen-bond acceptors (Lipinski definition) is 4. The maximum Gasteiger partial charge on any atom is 0.100 e. The topological polar surface area (TPSA) is 40.5 Å². The summed E-state index contributed by atoms with van der Waals surface area (Å²) >= 11 is 3.59. The summed E-state index contributed by atoms with van der Waals surface area (Å²) in [5.74, 6) is 0.405. The van der Waals surface area contributed by atoms with Crippen molar-refractivity contribution < 1.29 is 10.2 Å². The molecule has 2 aliphatic carbocycles. The van der Waals surface area contributed by atoms with E-state index in [-0.39, 0.29) is 15.9 Å². The lowest BCUT2D eigenvalue weighted by atomic mass is 9.55. The Morgan fingerprint density at radius 1 is 0.963 bits per heavy atom. The second-order valence-corrected chi connectivity index (χ2v) is 11.0. The summed E-state index contributed by atoms with van der Waals surface area (Å²) < 4.78 is 0.116. The van der Waals surface area contributed by atoms with Gasteiger partial charge in [-0.2, -0.15) is 0 Å². The smallest absolute Gasteiger partial charge is 0.100 e. The first-order chi connectivity index (χ1) is 12.9. The quantitative estimate of drug-likeness (QED) is 0.500. The summed E-state index contributed by atoms with van der Waals surface area (Å²) in [6.07, 6.45) is 2.23. The Labute approximate surface area is 170 Å². The summed E-state index contributed by atoms with van der Waals surface area (Å²) in [5.41, 5.74) is -1.21. The van der Waals surface area contributed by atoms with Gasteiger partial charge in [-0.15, -0.1) is 23.5 Å². The minimum Gasteiger partial charge on any atom is -0.390 e. The van der Waals surface area contributed by atoms with Gasteiger partial charge in [-0.3, -0.25) is 0 Å². The summed E-state index contributed by atoms with van der Waals surface area (Å²) in [6.45, 7) is 4.32. The molecular formula is C23H28O2S2. The molecule has 0 bridgehead atoms. The van der Waals surface area contributed by atoms with Crippen molar-refractivity contribution in [3.63, 3.8) is 0 Å². The Balaban J connectivity index is 1.65. The van der Waals surface area contributed by atoms with Crippen LogP contribution in [0, 0.1) is 17.3 Å². The molecule has 0 aliphatic heterocycles. The number of thioether (sulfide) groups is 2. The zero-order valence-corrected chi connectivity index (χ0v) is 17.5. The van der Waals surface area contributed by atoms with Gasteiger partial charge in [0.2, 0.25) is 0 Å². The van der Waals surface area contributed by atoms with E-state index < -0.39 is 11.7 Å². The molecule has 0 spiro atoms. The molecule has 5 atom stereocenters. The maximum atomic E-state index is 11.8. The summed E-state index contributed by atoms with van der Waals surface area (Å²) in [7, 11) is 0. The van der Waals surface area contributed by atoms with Crippen LogP contribution in [0.3, 0.4) is 0 Å². The van der Waals surface area contributed by atoms with Crippen molar-refractivity contribution in [2.24, 2.45) is 17.3 Å². The van der Waals surface area contributed by atoms with Crippen molar-refractivity contribution >= 4 is 23.5 Å². The van der Waals surface area contributed by atoms with Gasteiger partial charge in [0.1, 0.15) is 5.60 Å². The minimum atomic E-state index is -1.04. The van der Waals surface area contributed by atoms with E-state index in [1.54, 1.807) is 23.5 Å². The zero-order valence-electron chi connectivity index (χ0n) is 15.9. The van der Waals surface area contributed by atoms with Crippen LogP contribution in [-0.4, -0.2) is 26.5 Å². The van der Waals surface area contributed by atoms with E-state index >= 15 is 0 Å². The molecule has 0 unspecified atom stereocenters. The number of fused-ring (bicyclic) bond motifs is 1. The molecule has 2 aliphatic rings. The molecular weight excluding hydrogens is 372 g/mol. The normalized spacial score (nSPS) is 33.5. The van der Waals surface area contributed by atoms with Gasteiger partial charge in [-0.05, 0) is 49.4 Å². The maximum absolute atomic E-state index is 11.8. The first-order valence-corrected chi connectivity index (χ1v) is 11.5. The Bertz CT molecular complexity index is 727.